The van der Waals surface area contributed by atoms with E-state index in [0.29, 0.717) is 0 Å². The number of thiazole rings is 1. The Morgan fingerprint density at radius 1 is 1.44 bits per heavy atom. The Hall–Kier alpha value is -0.410. The highest BCUT2D eigenvalue weighted by Gasteiger charge is 2.39. The third kappa shape index (κ3) is 2.62. The maximum absolute atomic E-state index is 5.91. The number of nitrogens with zero attached hydrogens (tertiary/aromatic N) is 1. The van der Waals surface area contributed by atoms with Crippen LogP contribution in [0.3, 0.4) is 0 Å². The molecule has 1 aliphatic rings. The minimum atomic E-state index is -0.119. The van der Waals surface area contributed by atoms with Gasteiger partial charge in [-0.1, -0.05) is 34.1 Å². The molecule has 1 aromatic rings. The van der Waals surface area contributed by atoms with Gasteiger partial charge in [-0.2, -0.15) is 0 Å². The van der Waals surface area contributed by atoms with E-state index < -0.39 is 0 Å². The molecule has 1 aromatic heterocycles. The van der Waals surface area contributed by atoms with E-state index in [4.69, 9.17) is 9.72 Å². The van der Waals surface area contributed by atoms with Gasteiger partial charge < -0.3 is 4.74 Å². The molecule has 0 aromatic carbocycles. The number of ether oxygens (including phenoxy) is 1. The maximum Gasteiger partial charge on any atom is 0.125 e. The molecule has 0 aliphatic heterocycles. The van der Waals surface area contributed by atoms with Gasteiger partial charge in [0.1, 0.15) is 10.6 Å². The van der Waals surface area contributed by atoms with E-state index in [-0.39, 0.29) is 11.0 Å². The number of hydrogen-bond acceptors (Lipinski definition) is 3. The summed E-state index contributed by atoms with van der Waals surface area (Å²) in [5.41, 5.74) is 1.20. The molecule has 2 nitrogen and oxygen atoms in total. The van der Waals surface area contributed by atoms with Gasteiger partial charge in [-0.15, -0.1) is 11.3 Å². The van der Waals surface area contributed by atoms with Crippen molar-refractivity contribution < 1.29 is 4.74 Å². The summed E-state index contributed by atoms with van der Waals surface area (Å²) in [6, 6.07) is 0. The summed E-state index contributed by atoms with van der Waals surface area (Å²) in [4.78, 5) is 4.88. The van der Waals surface area contributed by atoms with Crippen LogP contribution in [0.15, 0.2) is 5.38 Å². The van der Waals surface area contributed by atoms with E-state index in [0.717, 1.165) is 18.8 Å². The van der Waals surface area contributed by atoms with Crippen LogP contribution in [0, 0.1) is 5.92 Å². The Balaban J connectivity index is 2.30. The molecule has 1 heterocycles. The third-order valence-electron chi connectivity index (χ3n) is 4.01. The Bertz CT molecular complexity index is 407. The average molecular weight is 267 g/mol. The lowest BCUT2D eigenvalue weighted by atomic mass is 9.79. The molecule has 102 valence electrons. The first kappa shape index (κ1) is 14.0. The molecular formula is C15H25NOS. The Labute approximate surface area is 115 Å². The molecule has 3 heteroatoms. The Morgan fingerprint density at radius 3 is 2.67 bits per heavy atom. The zero-order valence-corrected chi connectivity index (χ0v) is 13.1. The minimum Gasteiger partial charge on any atom is -0.371 e. The summed E-state index contributed by atoms with van der Waals surface area (Å²) in [5, 5.41) is 3.39. The van der Waals surface area contributed by atoms with Crippen LogP contribution in [0.5, 0.6) is 0 Å². The molecule has 0 N–H and O–H groups in total. The van der Waals surface area contributed by atoms with Crippen molar-refractivity contribution in [2.45, 2.75) is 64.4 Å². The molecule has 1 aliphatic carbocycles. The van der Waals surface area contributed by atoms with Crippen molar-refractivity contribution in [3.8, 4) is 0 Å². The molecule has 0 spiro atoms. The van der Waals surface area contributed by atoms with E-state index in [1.54, 1.807) is 11.3 Å². The van der Waals surface area contributed by atoms with Crippen LogP contribution in [-0.4, -0.2) is 12.1 Å². The number of rotatable bonds is 2. The van der Waals surface area contributed by atoms with Crippen LogP contribution in [0.25, 0.3) is 0 Å². The Kier molecular flexibility index (Phi) is 3.84. The Morgan fingerprint density at radius 2 is 2.17 bits per heavy atom. The van der Waals surface area contributed by atoms with Crippen molar-refractivity contribution in [1.29, 1.82) is 0 Å². The molecule has 18 heavy (non-hydrogen) atoms. The van der Waals surface area contributed by atoms with Crippen molar-refractivity contribution in [2.24, 2.45) is 5.92 Å². The lowest BCUT2D eigenvalue weighted by molar-refractivity contribution is -0.0581. The second-order valence-electron chi connectivity index (χ2n) is 6.69. The van der Waals surface area contributed by atoms with Gasteiger partial charge in [0, 0.05) is 17.9 Å². The van der Waals surface area contributed by atoms with Crippen LogP contribution in [0.1, 0.15) is 64.1 Å². The monoisotopic (exact) mass is 267 g/mol. The molecule has 0 bridgehead atoms. The first-order valence-corrected chi connectivity index (χ1v) is 7.77. The van der Waals surface area contributed by atoms with Crippen LogP contribution >= 0.6 is 11.3 Å². The smallest absolute Gasteiger partial charge is 0.125 e. The molecule has 2 atom stereocenters. The van der Waals surface area contributed by atoms with Crippen LogP contribution < -0.4 is 0 Å². The zero-order chi connectivity index (χ0) is 13.4. The normalized spacial score (nSPS) is 29.5. The third-order valence-corrected chi connectivity index (χ3v) is 5.04. The predicted octanol–water partition coefficient (Wildman–Crippen LogP) is 4.49. The minimum absolute atomic E-state index is 0.119. The predicted molar refractivity (Wildman–Crippen MR) is 77.1 cm³/mol. The fraction of sp³-hybridized carbons (Fsp3) is 0.800. The summed E-state index contributed by atoms with van der Waals surface area (Å²) in [6.45, 7) is 8.98. The van der Waals surface area contributed by atoms with Crippen molar-refractivity contribution in [1.82, 2.24) is 4.98 Å². The second-order valence-corrected chi connectivity index (χ2v) is 7.55. The van der Waals surface area contributed by atoms with Gasteiger partial charge >= 0.3 is 0 Å². The van der Waals surface area contributed by atoms with E-state index >= 15 is 0 Å². The molecule has 2 unspecified atom stereocenters. The summed E-state index contributed by atoms with van der Waals surface area (Å²) in [7, 11) is 1.84. The summed E-state index contributed by atoms with van der Waals surface area (Å²) >= 11 is 1.77. The number of methoxy groups -OCH3 is 1. The average Bonchev–Trinajstić information content (AvgIpc) is 2.78. The molecule has 2 rings (SSSR count). The number of aromatic nitrogens is 1. The van der Waals surface area contributed by atoms with E-state index in [1.165, 1.54) is 23.5 Å². The van der Waals surface area contributed by atoms with Crippen molar-refractivity contribution in [3.05, 3.63) is 16.1 Å². The number of hydrogen-bond donors (Lipinski definition) is 0. The summed E-state index contributed by atoms with van der Waals surface area (Å²) in [6.07, 6.45) is 4.80. The molecule has 1 fully saturated rings. The zero-order valence-electron chi connectivity index (χ0n) is 12.2. The van der Waals surface area contributed by atoms with Gasteiger partial charge in [-0.3, -0.25) is 0 Å². The van der Waals surface area contributed by atoms with Gasteiger partial charge in [0.15, 0.2) is 0 Å². The van der Waals surface area contributed by atoms with Gasteiger partial charge in [0.25, 0.3) is 0 Å². The van der Waals surface area contributed by atoms with E-state index in [2.05, 4.69) is 33.1 Å². The lowest BCUT2D eigenvalue weighted by Crippen LogP contribution is -2.34. The molecule has 0 amide bonds. The van der Waals surface area contributed by atoms with Crippen molar-refractivity contribution in [2.75, 3.05) is 7.11 Å². The lowest BCUT2D eigenvalue weighted by Gasteiger charge is -2.37. The van der Waals surface area contributed by atoms with Crippen LogP contribution in [0.2, 0.25) is 0 Å². The molecule has 0 saturated heterocycles. The van der Waals surface area contributed by atoms with Gasteiger partial charge in [0.05, 0.1) is 5.69 Å². The van der Waals surface area contributed by atoms with E-state index in [9.17, 15) is 0 Å². The second kappa shape index (κ2) is 4.93. The highest BCUT2D eigenvalue weighted by Crippen LogP contribution is 2.44. The van der Waals surface area contributed by atoms with Gasteiger partial charge in [-0.25, -0.2) is 4.98 Å². The van der Waals surface area contributed by atoms with Crippen molar-refractivity contribution in [3.63, 3.8) is 0 Å². The van der Waals surface area contributed by atoms with E-state index in [1.807, 2.05) is 7.11 Å². The first-order valence-electron chi connectivity index (χ1n) is 6.89. The van der Waals surface area contributed by atoms with Crippen LogP contribution in [-0.2, 0) is 15.8 Å². The summed E-state index contributed by atoms with van der Waals surface area (Å²) in [5.74, 6) is 0.737. The fourth-order valence-electron chi connectivity index (χ4n) is 2.80. The topological polar surface area (TPSA) is 22.1 Å². The largest absolute Gasteiger partial charge is 0.371 e. The highest BCUT2D eigenvalue weighted by atomic mass is 32.1. The van der Waals surface area contributed by atoms with Crippen molar-refractivity contribution >= 4 is 11.3 Å². The molecule has 1 saturated carbocycles. The standard InChI is InChI=1S/C15H25NOS/c1-11-7-6-8-15(9-11,17-5)13-16-12(10-18-13)14(2,3)4/h10-11H,6-9H2,1-5H3. The quantitative estimate of drug-likeness (QED) is 0.787. The summed E-state index contributed by atoms with van der Waals surface area (Å²) < 4.78 is 5.91. The van der Waals surface area contributed by atoms with Crippen LogP contribution in [0.4, 0.5) is 0 Å². The van der Waals surface area contributed by atoms with Gasteiger partial charge in [0.2, 0.25) is 0 Å². The fourth-order valence-corrected chi connectivity index (χ4v) is 4.06. The SMILES string of the molecule is COC1(c2nc(C(C)(C)C)cs2)CCCC(C)C1. The first-order chi connectivity index (χ1) is 8.37. The maximum atomic E-state index is 5.91. The molecule has 0 radical (unpaired) electrons. The van der Waals surface area contributed by atoms with Gasteiger partial charge in [-0.05, 0) is 25.2 Å². The molecular weight excluding hydrogens is 242 g/mol. The highest BCUT2D eigenvalue weighted by molar-refractivity contribution is 7.09.